The molecule has 216 valence electrons. The molecule has 2 aromatic heterocycles. The average Bonchev–Trinajstić information content (AvgIpc) is 3.35. The second-order valence-corrected chi connectivity index (χ2v) is 11.9. The Hall–Kier alpha value is -3.84. The van der Waals surface area contributed by atoms with E-state index in [9.17, 15) is 4.79 Å². The van der Waals surface area contributed by atoms with Gasteiger partial charge in [0, 0.05) is 41.2 Å². The maximum absolute atomic E-state index is 11.8. The Morgan fingerprint density at radius 2 is 1.46 bits per heavy atom. The normalized spacial score (nSPS) is 11.7. The minimum atomic E-state index is -0.498. The Kier molecular flexibility index (Phi) is 9.71. The van der Waals surface area contributed by atoms with Crippen LogP contribution < -0.4 is 0 Å². The molecule has 0 bridgehead atoms. The highest BCUT2D eigenvalue weighted by Crippen LogP contribution is 2.31. The van der Waals surface area contributed by atoms with E-state index in [1.54, 1.807) is 0 Å². The highest BCUT2D eigenvalue weighted by atomic mass is 16.6. The Morgan fingerprint density at radius 1 is 0.854 bits per heavy atom. The van der Waals surface area contributed by atoms with Crippen molar-refractivity contribution < 1.29 is 14.3 Å². The monoisotopic (exact) mass is 554 g/mol. The molecule has 0 aliphatic carbocycles. The number of hydrogen-bond acceptors (Lipinski definition) is 6. The van der Waals surface area contributed by atoms with E-state index in [2.05, 4.69) is 98.2 Å². The van der Waals surface area contributed by atoms with Crippen LogP contribution in [0, 0.1) is 13.8 Å². The van der Waals surface area contributed by atoms with Gasteiger partial charge in [0.1, 0.15) is 23.6 Å². The fourth-order valence-corrected chi connectivity index (χ4v) is 4.63. The van der Waals surface area contributed by atoms with Crippen molar-refractivity contribution in [2.24, 2.45) is 0 Å². The van der Waals surface area contributed by atoms with Crippen LogP contribution in [0.15, 0.2) is 60.8 Å². The quantitative estimate of drug-likeness (QED) is 0.141. The lowest BCUT2D eigenvalue weighted by molar-refractivity contribution is -0.160. The number of carbonyl (C=O) groups is 1. The molecule has 2 aromatic carbocycles. The van der Waals surface area contributed by atoms with Crippen LogP contribution >= 0.6 is 0 Å². The zero-order valence-electron chi connectivity index (χ0n) is 25.4. The number of aromatic nitrogens is 4. The van der Waals surface area contributed by atoms with Crippen molar-refractivity contribution in [3.8, 4) is 33.9 Å². The van der Waals surface area contributed by atoms with E-state index in [-0.39, 0.29) is 12.6 Å². The molecule has 7 nitrogen and oxygen atoms in total. The van der Waals surface area contributed by atoms with Crippen molar-refractivity contribution in [3.05, 3.63) is 77.6 Å². The second-order valence-electron chi connectivity index (χ2n) is 11.9. The molecule has 0 saturated heterocycles. The van der Waals surface area contributed by atoms with Crippen LogP contribution in [0.5, 0.6) is 0 Å². The summed E-state index contributed by atoms with van der Waals surface area (Å²) in [6.45, 7) is 14.6. The summed E-state index contributed by atoms with van der Waals surface area (Å²) in [6, 6.07) is 19.2. The van der Waals surface area contributed by atoms with Crippen LogP contribution in [-0.2, 0) is 20.7 Å². The van der Waals surface area contributed by atoms with Gasteiger partial charge in [0.25, 0.3) is 0 Å². The van der Waals surface area contributed by atoms with Crippen molar-refractivity contribution in [2.45, 2.75) is 79.4 Å². The van der Waals surface area contributed by atoms with Gasteiger partial charge in [-0.3, -0.25) is 0 Å². The van der Waals surface area contributed by atoms with Gasteiger partial charge in [-0.1, -0.05) is 59.7 Å². The lowest BCUT2D eigenvalue weighted by Gasteiger charge is -2.19. The Morgan fingerprint density at radius 3 is 2.05 bits per heavy atom. The van der Waals surface area contributed by atoms with Gasteiger partial charge in [-0.05, 0) is 73.8 Å². The Balaban J connectivity index is 1.52. The molecule has 0 fully saturated rings. The van der Waals surface area contributed by atoms with Gasteiger partial charge in [0.15, 0.2) is 5.82 Å². The van der Waals surface area contributed by atoms with Crippen molar-refractivity contribution in [3.63, 3.8) is 0 Å². The maximum Gasteiger partial charge on any atom is 0.332 e. The first-order chi connectivity index (χ1) is 19.5. The number of esters is 1. The summed E-state index contributed by atoms with van der Waals surface area (Å²) in [4.78, 5) is 16.9. The largest absolute Gasteiger partial charge is 0.458 e. The first-order valence-corrected chi connectivity index (χ1v) is 14.4. The summed E-state index contributed by atoms with van der Waals surface area (Å²) in [6.07, 6.45) is 4.79. The third-order valence-corrected chi connectivity index (χ3v) is 6.69. The zero-order chi connectivity index (χ0) is 29.6. The van der Waals surface area contributed by atoms with E-state index >= 15 is 0 Å². The predicted molar refractivity (Wildman–Crippen MR) is 164 cm³/mol. The molecule has 41 heavy (non-hydrogen) atoms. The maximum atomic E-state index is 11.8. The number of nitrogens with zero attached hydrogens (tertiary/aromatic N) is 4. The molecule has 4 rings (SSSR count). The molecule has 0 radical (unpaired) electrons. The average molecular weight is 555 g/mol. The van der Waals surface area contributed by atoms with E-state index in [0.717, 1.165) is 47.3 Å². The summed E-state index contributed by atoms with van der Waals surface area (Å²) < 4.78 is 13.1. The number of ether oxygens (including phenoxy) is 2. The second kappa shape index (κ2) is 13.2. The van der Waals surface area contributed by atoms with Crippen LogP contribution in [0.3, 0.4) is 0 Å². The fourth-order valence-electron chi connectivity index (χ4n) is 4.63. The lowest BCUT2D eigenvalue weighted by Crippen LogP contribution is -2.26. The summed E-state index contributed by atoms with van der Waals surface area (Å²) in [7, 11) is 0. The van der Waals surface area contributed by atoms with E-state index in [1.807, 2.05) is 20.8 Å². The standard InChI is InChI=1S/C34H42N4O3/c1-23(2)38-21-28(20-29(38)10-8-9-19-40-22-30(39)41-34(5,6)7)33-35-31(26-15-11-24(3)12-16-26)32(36-37-33)27-17-13-25(4)14-18-27/h11-18,20-21,23H,8-10,19,22H2,1-7H3. The Bertz CT molecular complexity index is 1450. The lowest BCUT2D eigenvalue weighted by atomic mass is 10.0. The number of hydrogen-bond donors (Lipinski definition) is 0. The van der Waals surface area contributed by atoms with Gasteiger partial charge in [-0.2, -0.15) is 0 Å². The molecule has 0 spiro atoms. The first-order valence-electron chi connectivity index (χ1n) is 14.4. The van der Waals surface area contributed by atoms with E-state index < -0.39 is 5.60 Å². The minimum absolute atomic E-state index is 0.0178. The van der Waals surface area contributed by atoms with Crippen LogP contribution in [-0.4, -0.2) is 44.5 Å². The van der Waals surface area contributed by atoms with E-state index in [0.29, 0.717) is 18.5 Å². The van der Waals surface area contributed by atoms with Crippen LogP contribution in [0.1, 0.15) is 70.3 Å². The molecule has 7 heteroatoms. The van der Waals surface area contributed by atoms with Gasteiger partial charge in [0.05, 0.1) is 0 Å². The van der Waals surface area contributed by atoms with Crippen molar-refractivity contribution in [2.75, 3.05) is 13.2 Å². The number of carbonyl (C=O) groups excluding carboxylic acids is 1. The third kappa shape index (κ3) is 8.33. The van der Waals surface area contributed by atoms with Crippen LogP contribution in [0.25, 0.3) is 33.9 Å². The molecule has 0 aliphatic rings. The predicted octanol–water partition coefficient (Wildman–Crippen LogP) is 7.55. The molecule has 0 atom stereocenters. The minimum Gasteiger partial charge on any atom is -0.458 e. The van der Waals surface area contributed by atoms with Crippen LogP contribution in [0.4, 0.5) is 0 Å². The number of aryl methyl sites for hydroxylation is 3. The van der Waals surface area contributed by atoms with Gasteiger partial charge < -0.3 is 14.0 Å². The van der Waals surface area contributed by atoms with Crippen molar-refractivity contribution in [1.82, 2.24) is 19.7 Å². The number of unbranched alkanes of at least 4 members (excludes halogenated alkanes) is 1. The van der Waals surface area contributed by atoms with Gasteiger partial charge in [-0.25, -0.2) is 9.78 Å². The van der Waals surface area contributed by atoms with Gasteiger partial charge in [-0.15, -0.1) is 10.2 Å². The summed E-state index contributed by atoms with van der Waals surface area (Å²) in [5, 5.41) is 9.28. The molecule has 4 aromatic rings. The van der Waals surface area contributed by atoms with Gasteiger partial charge in [0.2, 0.25) is 0 Å². The first kappa shape index (κ1) is 30.1. The summed E-state index contributed by atoms with van der Waals surface area (Å²) in [5.74, 6) is 0.278. The molecule has 0 unspecified atom stereocenters. The third-order valence-electron chi connectivity index (χ3n) is 6.69. The smallest absolute Gasteiger partial charge is 0.332 e. The van der Waals surface area contributed by atoms with Crippen LogP contribution in [0.2, 0.25) is 0 Å². The zero-order valence-corrected chi connectivity index (χ0v) is 25.4. The topological polar surface area (TPSA) is 79.1 Å². The highest BCUT2D eigenvalue weighted by molar-refractivity contribution is 5.79. The molecular formula is C34H42N4O3. The molecule has 0 N–H and O–H groups in total. The number of benzene rings is 2. The fraction of sp³-hybridized carbons (Fsp3) is 0.412. The van der Waals surface area contributed by atoms with E-state index in [1.165, 1.54) is 16.8 Å². The molecule has 0 saturated carbocycles. The van der Waals surface area contributed by atoms with E-state index in [4.69, 9.17) is 19.6 Å². The van der Waals surface area contributed by atoms with Gasteiger partial charge >= 0.3 is 5.97 Å². The molecular weight excluding hydrogens is 512 g/mol. The number of rotatable bonds is 11. The van der Waals surface area contributed by atoms with Crippen molar-refractivity contribution in [1.29, 1.82) is 0 Å². The molecule has 0 amide bonds. The Labute approximate surface area is 244 Å². The summed E-state index contributed by atoms with van der Waals surface area (Å²) >= 11 is 0. The molecule has 0 aliphatic heterocycles. The molecule has 2 heterocycles. The highest BCUT2D eigenvalue weighted by Gasteiger charge is 2.18. The summed E-state index contributed by atoms with van der Waals surface area (Å²) in [5.41, 5.74) is 7.65. The SMILES string of the molecule is Cc1ccc(-c2nnc(-c3cc(CCCCOCC(=O)OC(C)(C)C)n(C(C)C)c3)nc2-c2ccc(C)cc2)cc1. The van der Waals surface area contributed by atoms with Crippen molar-refractivity contribution >= 4 is 5.97 Å².